The molecule has 3 heteroatoms. The van der Waals surface area contributed by atoms with Crippen LogP contribution in [0.5, 0.6) is 0 Å². The van der Waals surface area contributed by atoms with Crippen molar-refractivity contribution in [3.05, 3.63) is 0 Å². The minimum atomic E-state index is -0.0309. The normalized spacial score (nSPS) is 35.6. The molecule has 0 aromatic heterocycles. The fourth-order valence-electron chi connectivity index (χ4n) is 3.61. The Morgan fingerprint density at radius 1 is 1.29 bits per heavy atom. The molecule has 0 aromatic rings. The van der Waals surface area contributed by atoms with Crippen molar-refractivity contribution >= 4 is 0 Å². The van der Waals surface area contributed by atoms with Crippen LogP contribution in [0.1, 0.15) is 47.0 Å². The van der Waals surface area contributed by atoms with Gasteiger partial charge in [-0.2, -0.15) is 0 Å². The maximum Gasteiger partial charge on any atom is 0.0789 e. The van der Waals surface area contributed by atoms with Gasteiger partial charge in [-0.15, -0.1) is 0 Å². The fraction of sp³-hybridized carbons (Fsp3) is 1.00. The van der Waals surface area contributed by atoms with Gasteiger partial charge in [0.15, 0.2) is 0 Å². The lowest BCUT2D eigenvalue weighted by atomic mass is 9.93. The van der Waals surface area contributed by atoms with Crippen LogP contribution in [0, 0.1) is 0 Å². The molecule has 0 bridgehead atoms. The first-order chi connectivity index (χ1) is 7.80. The second kappa shape index (κ2) is 4.52. The van der Waals surface area contributed by atoms with Gasteiger partial charge in [-0.05, 0) is 60.5 Å². The summed E-state index contributed by atoms with van der Waals surface area (Å²) in [5.41, 5.74) is -0.0115. The predicted octanol–water partition coefficient (Wildman–Crippen LogP) is 2.02. The van der Waals surface area contributed by atoms with Gasteiger partial charge in [0.2, 0.25) is 0 Å². The van der Waals surface area contributed by atoms with Crippen molar-refractivity contribution in [2.75, 3.05) is 20.1 Å². The van der Waals surface area contributed by atoms with E-state index in [1.54, 1.807) is 0 Å². The predicted molar refractivity (Wildman–Crippen MR) is 71.3 cm³/mol. The van der Waals surface area contributed by atoms with Crippen LogP contribution in [0.4, 0.5) is 0 Å². The van der Waals surface area contributed by atoms with Crippen LogP contribution in [-0.4, -0.2) is 48.3 Å². The van der Waals surface area contributed by atoms with Gasteiger partial charge in [0.1, 0.15) is 0 Å². The van der Waals surface area contributed by atoms with E-state index < -0.39 is 0 Å². The van der Waals surface area contributed by atoms with E-state index in [0.717, 1.165) is 13.0 Å². The van der Waals surface area contributed by atoms with Crippen molar-refractivity contribution < 1.29 is 4.74 Å². The molecule has 2 saturated heterocycles. The largest absolute Gasteiger partial charge is 0.368 e. The van der Waals surface area contributed by atoms with Gasteiger partial charge in [0.05, 0.1) is 11.2 Å². The summed E-state index contributed by atoms with van der Waals surface area (Å²) in [6.45, 7) is 11.2. The first-order valence-electron chi connectivity index (χ1n) is 6.94. The molecule has 1 N–H and O–H groups in total. The average Bonchev–Trinajstić information content (AvgIpc) is 2.71. The highest BCUT2D eigenvalue weighted by Crippen LogP contribution is 2.39. The average molecular weight is 240 g/mol. The molecule has 17 heavy (non-hydrogen) atoms. The first kappa shape index (κ1) is 13.3. The molecule has 2 atom stereocenters. The van der Waals surface area contributed by atoms with Crippen LogP contribution in [0.2, 0.25) is 0 Å². The Balaban J connectivity index is 1.96. The smallest absolute Gasteiger partial charge is 0.0789 e. The van der Waals surface area contributed by atoms with E-state index >= 15 is 0 Å². The molecular weight excluding hydrogens is 212 g/mol. The van der Waals surface area contributed by atoms with Crippen molar-refractivity contribution in [2.45, 2.75) is 70.2 Å². The Hall–Kier alpha value is -0.120. The van der Waals surface area contributed by atoms with Gasteiger partial charge in [0, 0.05) is 18.6 Å². The monoisotopic (exact) mass is 240 g/mol. The molecule has 3 nitrogen and oxygen atoms in total. The maximum absolute atomic E-state index is 6.17. The number of ether oxygens (including phenoxy) is 1. The Morgan fingerprint density at radius 3 is 2.47 bits per heavy atom. The number of nitrogens with one attached hydrogen (secondary N) is 1. The molecule has 100 valence electrons. The summed E-state index contributed by atoms with van der Waals surface area (Å²) in [7, 11) is 2.25. The SMILES string of the molecule is CN(CC1CCCN1)C1CC(C)(C)OC1(C)C. The minimum absolute atomic E-state index is 0.0194. The summed E-state index contributed by atoms with van der Waals surface area (Å²) in [6.07, 6.45) is 3.78. The summed E-state index contributed by atoms with van der Waals surface area (Å²) >= 11 is 0. The van der Waals surface area contributed by atoms with E-state index in [1.165, 1.54) is 19.4 Å². The van der Waals surface area contributed by atoms with E-state index in [0.29, 0.717) is 12.1 Å². The molecule has 0 radical (unpaired) electrons. The molecule has 0 amide bonds. The van der Waals surface area contributed by atoms with Crippen molar-refractivity contribution in [3.8, 4) is 0 Å². The van der Waals surface area contributed by atoms with Gasteiger partial charge in [0.25, 0.3) is 0 Å². The summed E-state index contributed by atoms with van der Waals surface area (Å²) in [4.78, 5) is 2.50. The van der Waals surface area contributed by atoms with Crippen LogP contribution in [-0.2, 0) is 4.74 Å². The van der Waals surface area contributed by atoms with E-state index in [2.05, 4.69) is 45.0 Å². The molecule has 0 spiro atoms. The van der Waals surface area contributed by atoms with Crippen LogP contribution < -0.4 is 5.32 Å². The lowest BCUT2D eigenvalue weighted by molar-refractivity contribution is -0.0789. The summed E-state index contributed by atoms with van der Waals surface area (Å²) in [6, 6.07) is 1.21. The molecular formula is C14H28N2O. The van der Waals surface area contributed by atoms with Crippen LogP contribution in [0.3, 0.4) is 0 Å². The Labute approximate surface area is 106 Å². The Kier molecular flexibility index (Phi) is 3.54. The summed E-state index contributed by atoms with van der Waals surface area (Å²) in [5, 5.41) is 3.58. The summed E-state index contributed by atoms with van der Waals surface area (Å²) in [5.74, 6) is 0. The molecule has 2 aliphatic rings. The molecule has 2 fully saturated rings. The number of hydrogen-bond acceptors (Lipinski definition) is 3. The number of hydrogen-bond donors (Lipinski definition) is 1. The van der Waals surface area contributed by atoms with Gasteiger partial charge >= 0.3 is 0 Å². The second-order valence-electron chi connectivity index (χ2n) is 6.92. The van der Waals surface area contributed by atoms with Gasteiger partial charge < -0.3 is 10.1 Å². The van der Waals surface area contributed by atoms with Crippen molar-refractivity contribution in [1.82, 2.24) is 10.2 Å². The van der Waals surface area contributed by atoms with Crippen LogP contribution >= 0.6 is 0 Å². The molecule has 2 aliphatic heterocycles. The van der Waals surface area contributed by atoms with Gasteiger partial charge in [-0.1, -0.05) is 0 Å². The highest BCUT2D eigenvalue weighted by atomic mass is 16.5. The Bertz CT molecular complexity index is 269. The molecule has 0 saturated carbocycles. The standard InChI is InChI=1S/C14H28N2O/c1-13(2)9-12(14(3,4)17-13)16(5)10-11-7-6-8-15-11/h11-12,15H,6-10H2,1-5H3. The van der Waals surface area contributed by atoms with E-state index in [-0.39, 0.29) is 11.2 Å². The third kappa shape index (κ3) is 3.01. The zero-order valence-electron chi connectivity index (χ0n) is 12.0. The molecule has 2 unspecified atom stereocenters. The number of likely N-dealkylation sites (N-methyl/N-ethyl adjacent to an activating group) is 1. The minimum Gasteiger partial charge on any atom is -0.368 e. The summed E-state index contributed by atoms with van der Waals surface area (Å²) < 4.78 is 6.17. The molecule has 0 aliphatic carbocycles. The van der Waals surface area contributed by atoms with E-state index in [9.17, 15) is 0 Å². The lowest BCUT2D eigenvalue weighted by Gasteiger charge is -2.35. The van der Waals surface area contributed by atoms with E-state index in [1.807, 2.05) is 0 Å². The van der Waals surface area contributed by atoms with Crippen LogP contribution in [0.15, 0.2) is 0 Å². The number of nitrogens with zero attached hydrogens (tertiary/aromatic N) is 1. The third-order valence-electron chi connectivity index (χ3n) is 4.23. The van der Waals surface area contributed by atoms with E-state index in [4.69, 9.17) is 4.74 Å². The van der Waals surface area contributed by atoms with Crippen molar-refractivity contribution in [1.29, 1.82) is 0 Å². The van der Waals surface area contributed by atoms with Crippen molar-refractivity contribution in [3.63, 3.8) is 0 Å². The third-order valence-corrected chi connectivity index (χ3v) is 4.23. The zero-order valence-corrected chi connectivity index (χ0v) is 12.0. The van der Waals surface area contributed by atoms with Gasteiger partial charge in [-0.25, -0.2) is 0 Å². The van der Waals surface area contributed by atoms with Crippen LogP contribution in [0.25, 0.3) is 0 Å². The molecule has 2 heterocycles. The molecule has 2 rings (SSSR count). The quantitative estimate of drug-likeness (QED) is 0.817. The molecule has 0 aromatic carbocycles. The maximum atomic E-state index is 6.17. The zero-order chi connectivity index (χ0) is 12.7. The highest BCUT2D eigenvalue weighted by molar-refractivity contribution is 5.00. The number of rotatable bonds is 3. The van der Waals surface area contributed by atoms with Gasteiger partial charge in [-0.3, -0.25) is 4.90 Å². The van der Waals surface area contributed by atoms with Crippen molar-refractivity contribution in [2.24, 2.45) is 0 Å². The lowest BCUT2D eigenvalue weighted by Crippen LogP contribution is -2.48. The second-order valence-corrected chi connectivity index (χ2v) is 6.92. The fourth-order valence-corrected chi connectivity index (χ4v) is 3.61. The first-order valence-corrected chi connectivity index (χ1v) is 6.94. The highest BCUT2D eigenvalue weighted by Gasteiger charge is 2.47. The Morgan fingerprint density at radius 2 is 2.00 bits per heavy atom. The topological polar surface area (TPSA) is 24.5 Å².